The van der Waals surface area contributed by atoms with E-state index in [1.165, 1.54) is 12.0 Å². The van der Waals surface area contributed by atoms with E-state index in [1.54, 1.807) is 27.8 Å². The summed E-state index contributed by atoms with van der Waals surface area (Å²) in [6.45, 7) is 5.56. The van der Waals surface area contributed by atoms with Gasteiger partial charge in [-0.05, 0) is 11.8 Å². The van der Waals surface area contributed by atoms with Crippen molar-refractivity contribution >= 4 is 18.0 Å². The fourth-order valence-electron chi connectivity index (χ4n) is 1.55. The van der Waals surface area contributed by atoms with Crippen LogP contribution in [0.3, 0.4) is 0 Å². The average molecular weight is 288 g/mol. The second-order valence-corrected chi connectivity index (χ2v) is 5.69. The zero-order valence-electron chi connectivity index (χ0n) is 12.7. The molecule has 2 amide bonds. The molecule has 0 aliphatic rings. The van der Waals surface area contributed by atoms with Gasteiger partial charge in [0.1, 0.15) is 6.04 Å². The molecule has 0 heterocycles. The second kappa shape index (κ2) is 7.72. The number of aliphatic carboxylic acids is 1. The van der Waals surface area contributed by atoms with Crippen molar-refractivity contribution in [2.24, 2.45) is 5.41 Å². The third kappa shape index (κ3) is 6.40. The normalized spacial score (nSPS) is 12.4. The van der Waals surface area contributed by atoms with Gasteiger partial charge in [0.2, 0.25) is 0 Å². The lowest BCUT2D eigenvalue weighted by Crippen LogP contribution is -2.52. The second-order valence-electron chi connectivity index (χ2n) is 5.69. The van der Waals surface area contributed by atoms with Crippen molar-refractivity contribution in [2.45, 2.75) is 39.7 Å². The number of nitrogens with one attached hydrogen (secondary N) is 1. The van der Waals surface area contributed by atoms with E-state index in [9.17, 15) is 14.4 Å². The van der Waals surface area contributed by atoms with E-state index < -0.39 is 23.5 Å². The first kappa shape index (κ1) is 18.2. The molecule has 20 heavy (non-hydrogen) atoms. The van der Waals surface area contributed by atoms with Crippen LogP contribution < -0.4 is 5.32 Å². The number of rotatable bonds is 6. The van der Waals surface area contributed by atoms with Crippen molar-refractivity contribution in [1.29, 1.82) is 0 Å². The summed E-state index contributed by atoms with van der Waals surface area (Å²) in [5, 5.41) is 11.6. The van der Waals surface area contributed by atoms with E-state index in [0.29, 0.717) is 13.0 Å². The molecule has 0 rings (SSSR count). The number of carboxylic acids is 1. The number of nitrogens with zero attached hydrogens (tertiary/aromatic N) is 1. The molecule has 0 bridgehead atoms. The summed E-state index contributed by atoms with van der Waals surface area (Å²) in [6, 6.07) is -1.45. The van der Waals surface area contributed by atoms with Crippen molar-refractivity contribution in [3.05, 3.63) is 0 Å². The van der Waals surface area contributed by atoms with Crippen LogP contribution in [0.5, 0.6) is 0 Å². The van der Waals surface area contributed by atoms with E-state index in [0.717, 1.165) is 0 Å². The first-order chi connectivity index (χ1) is 9.09. The molecule has 0 spiro atoms. The summed E-state index contributed by atoms with van der Waals surface area (Å²) in [4.78, 5) is 35.3. The third-order valence-corrected chi connectivity index (χ3v) is 2.83. The summed E-state index contributed by atoms with van der Waals surface area (Å²) in [6.07, 6.45) is 0.680. The number of esters is 1. The fourth-order valence-corrected chi connectivity index (χ4v) is 1.55. The highest BCUT2D eigenvalue weighted by atomic mass is 16.5. The van der Waals surface area contributed by atoms with Crippen molar-refractivity contribution in [1.82, 2.24) is 10.2 Å². The molecule has 7 nitrogen and oxygen atoms in total. The molecule has 0 aromatic carbocycles. The van der Waals surface area contributed by atoms with Gasteiger partial charge in [-0.2, -0.15) is 0 Å². The SMILES string of the molecule is COC(=O)CCCN(C)C(=O)N[C@@H](C(=O)O)C(C)(C)C. The van der Waals surface area contributed by atoms with E-state index in [-0.39, 0.29) is 12.4 Å². The molecule has 0 saturated heterocycles. The molecule has 7 heteroatoms. The van der Waals surface area contributed by atoms with Gasteiger partial charge in [-0.1, -0.05) is 20.8 Å². The predicted octanol–water partition coefficient (Wildman–Crippen LogP) is 1.08. The Labute approximate surface area is 119 Å². The molecule has 116 valence electrons. The Bertz CT molecular complexity index is 362. The van der Waals surface area contributed by atoms with Gasteiger partial charge in [-0.25, -0.2) is 9.59 Å². The first-order valence-corrected chi connectivity index (χ1v) is 6.40. The molecule has 2 N–H and O–H groups in total. The van der Waals surface area contributed by atoms with Crippen LogP contribution in [0.1, 0.15) is 33.6 Å². The molecule has 0 aliphatic heterocycles. The molecule has 0 aliphatic carbocycles. The van der Waals surface area contributed by atoms with Crippen molar-refractivity contribution < 1.29 is 24.2 Å². The zero-order valence-corrected chi connectivity index (χ0v) is 12.7. The molecular formula is C13H24N2O5. The molecule has 0 radical (unpaired) electrons. The van der Waals surface area contributed by atoms with Gasteiger partial charge in [0.25, 0.3) is 0 Å². The van der Waals surface area contributed by atoms with Crippen LogP contribution in [0.25, 0.3) is 0 Å². The highest BCUT2D eigenvalue weighted by molar-refractivity contribution is 5.83. The van der Waals surface area contributed by atoms with Crippen LogP contribution >= 0.6 is 0 Å². The molecule has 0 aromatic heterocycles. The quantitative estimate of drug-likeness (QED) is 0.713. The molecule has 0 fully saturated rings. The average Bonchev–Trinajstić information content (AvgIpc) is 2.33. The van der Waals surface area contributed by atoms with E-state index in [1.807, 2.05) is 0 Å². The van der Waals surface area contributed by atoms with Crippen LogP contribution in [0.2, 0.25) is 0 Å². The summed E-state index contributed by atoms with van der Waals surface area (Å²) in [7, 11) is 2.85. The number of ether oxygens (including phenoxy) is 1. The molecule has 0 unspecified atom stereocenters. The summed E-state index contributed by atoms with van der Waals surface area (Å²) < 4.78 is 4.50. The fraction of sp³-hybridized carbons (Fsp3) is 0.769. The monoisotopic (exact) mass is 288 g/mol. The van der Waals surface area contributed by atoms with Gasteiger partial charge in [0, 0.05) is 20.0 Å². The summed E-state index contributed by atoms with van der Waals surface area (Å²) >= 11 is 0. The first-order valence-electron chi connectivity index (χ1n) is 6.40. The number of urea groups is 1. The van der Waals surface area contributed by atoms with Crippen molar-refractivity contribution in [2.75, 3.05) is 20.7 Å². The van der Waals surface area contributed by atoms with Crippen LogP contribution in [0.4, 0.5) is 4.79 Å². The van der Waals surface area contributed by atoms with Crippen LogP contribution in [-0.4, -0.2) is 54.7 Å². The van der Waals surface area contributed by atoms with Gasteiger partial charge >= 0.3 is 18.0 Å². The topological polar surface area (TPSA) is 95.9 Å². The van der Waals surface area contributed by atoms with Gasteiger partial charge in [0.05, 0.1) is 7.11 Å². The Balaban J connectivity index is 4.37. The van der Waals surface area contributed by atoms with Gasteiger partial charge in [-0.3, -0.25) is 4.79 Å². The Morgan fingerprint density at radius 3 is 2.25 bits per heavy atom. The standard InChI is InChI=1S/C13H24N2O5/c1-13(2,3)10(11(17)18)14-12(19)15(4)8-6-7-9(16)20-5/h10H,6-8H2,1-5H3,(H,14,19)(H,17,18)/t10-/m0/s1. The summed E-state index contributed by atoms with van der Waals surface area (Å²) in [5.74, 6) is -1.41. The minimum Gasteiger partial charge on any atom is -0.480 e. The van der Waals surface area contributed by atoms with Crippen LogP contribution in [-0.2, 0) is 14.3 Å². The highest BCUT2D eigenvalue weighted by Gasteiger charge is 2.33. The lowest BCUT2D eigenvalue weighted by atomic mass is 9.87. The number of methoxy groups -OCH3 is 1. The summed E-state index contributed by atoms with van der Waals surface area (Å²) in [5.41, 5.74) is -0.589. The maximum Gasteiger partial charge on any atom is 0.326 e. The van der Waals surface area contributed by atoms with E-state index >= 15 is 0 Å². The molecule has 0 saturated carbocycles. The molecule has 0 aromatic rings. The highest BCUT2D eigenvalue weighted by Crippen LogP contribution is 2.19. The predicted molar refractivity (Wildman–Crippen MR) is 73.3 cm³/mol. The van der Waals surface area contributed by atoms with Crippen LogP contribution in [0.15, 0.2) is 0 Å². The maximum atomic E-state index is 11.9. The Morgan fingerprint density at radius 2 is 1.85 bits per heavy atom. The minimum absolute atomic E-state index is 0.218. The Kier molecular flexibility index (Phi) is 7.02. The number of carbonyl (C=O) groups is 3. The van der Waals surface area contributed by atoms with Crippen molar-refractivity contribution in [3.8, 4) is 0 Å². The number of hydrogen-bond donors (Lipinski definition) is 2. The largest absolute Gasteiger partial charge is 0.480 e. The Morgan fingerprint density at radius 1 is 1.30 bits per heavy atom. The van der Waals surface area contributed by atoms with E-state index in [4.69, 9.17) is 5.11 Å². The van der Waals surface area contributed by atoms with E-state index in [2.05, 4.69) is 10.1 Å². The van der Waals surface area contributed by atoms with Crippen molar-refractivity contribution in [3.63, 3.8) is 0 Å². The molecule has 1 atom stereocenters. The lowest BCUT2D eigenvalue weighted by Gasteiger charge is -2.29. The lowest BCUT2D eigenvalue weighted by molar-refractivity contribution is -0.142. The Hall–Kier alpha value is -1.79. The smallest absolute Gasteiger partial charge is 0.326 e. The number of carbonyl (C=O) groups excluding carboxylic acids is 2. The van der Waals surface area contributed by atoms with Gasteiger partial charge in [0.15, 0.2) is 0 Å². The zero-order chi connectivity index (χ0) is 15.9. The third-order valence-electron chi connectivity index (χ3n) is 2.83. The van der Waals surface area contributed by atoms with Gasteiger partial charge < -0.3 is 20.1 Å². The number of amides is 2. The number of carboxylic acid groups (broad SMARTS) is 1. The van der Waals surface area contributed by atoms with Crippen LogP contribution in [0, 0.1) is 5.41 Å². The molecular weight excluding hydrogens is 264 g/mol. The van der Waals surface area contributed by atoms with Gasteiger partial charge in [-0.15, -0.1) is 0 Å². The number of hydrogen-bond acceptors (Lipinski definition) is 4. The minimum atomic E-state index is -1.08. The maximum absolute atomic E-state index is 11.9.